The maximum Gasteiger partial charge on any atom is 0.309 e. The van der Waals surface area contributed by atoms with E-state index in [1.54, 1.807) is 27.7 Å². The number of carboxylic acid groups (broad SMARTS) is 2. The van der Waals surface area contributed by atoms with Crippen molar-refractivity contribution < 1.29 is 24.5 Å². The highest BCUT2D eigenvalue weighted by Gasteiger charge is 2.26. The zero-order chi connectivity index (χ0) is 17.9. The highest BCUT2D eigenvalue weighted by atomic mass is 16.5. The van der Waals surface area contributed by atoms with Gasteiger partial charge in [0.25, 0.3) is 0 Å². The Labute approximate surface area is 140 Å². The third-order valence-electron chi connectivity index (χ3n) is 4.34. The molecule has 0 aromatic rings. The van der Waals surface area contributed by atoms with E-state index in [0.29, 0.717) is 26.1 Å². The molecule has 0 saturated heterocycles. The molecule has 0 spiro atoms. The van der Waals surface area contributed by atoms with Crippen LogP contribution < -0.4 is 0 Å². The van der Waals surface area contributed by atoms with Crippen molar-refractivity contribution in [2.24, 2.45) is 10.8 Å². The van der Waals surface area contributed by atoms with Crippen LogP contribution in [0.5, 0.6) is 0 Å². The first kappa shape index (κ1) is 21.9. The maximum absolute atomic E-state index is 11.0. The molecular weight excluding hydrogens is 296 g/mol. The summed E-state index contributed by atoms with van der Waals surface area (Å²) in [7, 11) is 0. The van der Waals surface area contributed by atoms with Crippen molar-refractivity contribution in [1.29, 1.82) is 0 Å². The fourth-order valence-electron chi connectivity index (χ4n) is 2.21. The normalized spacial score (nSPS) is 12.3. The molecule has 5 nitrogen and oxygen atoms in total. The molecule has 23 heavy (non-hydrogen) atoms. The average Bonchev–Trinajstić information content (AvgIpc) is 2.44. The predicted molar refractivity (Wildman–Crippen MR) is 90.6 cm³/mol. The van der Waals surface area contributed by atoms with Gasteiger partial charge in [0.2, 0.25) is 0 Å². The van der Waals surface area contributed by atoms with E-state index in [2.05, 4.69) is 0 Å². The molecule has 0 aliphatic rings. The fraction of sp³-hybridized carbons (Fsp3) is 0.889. The minimum Gasteiger partial charge on any atom is -0.481 e. The van der Waals surface area contributed by atoms with Crippen molar-refractivity contribution in [2.45, 2.75) is 79.1 Å². The van der Waals surface area contributed by atoms with Crippen LogP contribution in [0.1, 0.15) is 79.1 Å². The Kier molecular flexibility index (Phi) is 10.1. The number of unbranched alkanes of at least 4 members (excludes halogenated alkanes) is 4. The van der Waals surface area contributed by atoms with Gasteiger partial charge in [0.1, 0.15) is 0 Å². The molecule has 0 aromatic heterocycles. The molecule has 0 heterocycles. The zero-order valence-corrected chi connectivity index (χ0v) is 15.2. The molecule has 0 atom stereocenters. The minimum absolute atomic E-state index is 0.634. The van der Waals surface area contributed by atoms with Crippen LogP contribution in [0, 0.1) is 10.8 Å². The second-order valence-electron chi connectivity index (χ2n) is 7.61. The summed E-state index contributed by atoms with van der Waals surface area (Å²) in [5.41, 5.74) is -1.27. The number of hydrogen-bond donors (Lipinski definition) is 2. The van der Waals surface area contributed by atoms with Gasteiger partial charge in [0, 0.05) is 13.2 Å². The van der Waals surface area contributed by atoms with Gasteiger partial charge in [-0.05, 0) is 53.4 Å². The van der Waals surface area contributed by atoms with Crippen LogP contribution in [0.4, 0.5) is 0 Å². The van der Waals surface area contributed by atoms with Crippen molar-refractivity contribution in [3.8, 4) is 0 Å². The number of carboxylic acids is 2. The molecular formula is C18H34O5. The van der Waals surface area contributed by atoms with Crippen LogP contribution in [0.2, 0.25) is 0 Å². The Morgan fingerprint density at radius 2 is 1.04 bits per heavy atom. The summed E-state index contributed by atoms with van der Waals surface area (Å²) in [5, 5.41) is 18.0. The average molecular weight is 330 g/mol. The van der Waals surface area contributed by atoms with Gasteiger partial charge in [-0.3, -0.25) is 9.59 Å². The third-order valence-corrected chi connectivity index (χ3v) is 4.34. The Bertz CT molecular complexity index is 326. The predicted octanol–water partition coefficient (Wildman–Crippen LogP) is 4.35. The van der Waals surface area contributed by atoms with Crippen molar-refractivity contribution in [3.05, 3.63) is 0 Å². The summed E-state index contributed by atoms with van der Waals surface area (Å²) >= 11 is 0. The van der Waals surface area contributed by atoms with Gasteiger partial charge in [-0.1, -0.05) is 25.7 Å². The lowest BCUT2D eigenvalue weighted by molar-refractivity contribution is -0.148. The number of carbonyl (C=O) groups is 2. The molecule has 0 fully saturated rings. The standard InChI is InChI=1S/C18H34O5/c1-17(2,15(19)20)11-7-5-9-13-23-14-10-6-8-12-18(3,4)16(21)22/h5-14H2,1-4H3,(H,19,20)(H,21,22). The Morgan fingerprint density at radius 1 is 0.696 bits per heavy atom. The van der Waals surface area contributed by atoms with E-state index in [4.69, 9.17) is 14.9 Å². The Hall–Kier alpha value is -1.10. The Morgan fingerprint density at radius 3 is 1.35 bits per heavy atom. The van der Waals surface area contributed by atoms with E-state index in [0.717, 1.165) is 38.5 Å². The summed E-state index contributed by atoms with van der Waals surface area (Å²) in [6.45, 7) is 8.48. The van der Waals surface area contributed by atoms with Gasteiger partial charge in [0.05, 0.1) is 10.8 Å². The first-order chi connectivity index (χ1) is 10.6. The topological polar surface area (TPSA) is 83.8 Å². The third kappa shape index (κ3) is 10.3. The Balaban J connectivity index is 3.41. The minimum atomic E-state index is -0.736. The molecule has 0 saturated carbocycles. The van der Waals surface area contributed by atoms with E-state index < -0.39 is 22.8 Å². The molecule has 0 aliphatic carbocycles. The molecule has 0 rings (SSSR count). The van der Waals surface area contributed by atoms with Crippen molar-refractivity contribution in [3.63, 3.8) is 0 Å². The molecule has 0 aliphatic heterocycles. The van der Waals surface area contributed by atoms with Crippen LogP contribution in [-0.4, -0.2) is 35.4 Å². The molecule has 0 amide bonds. The molecule has 0 radical (unpaired) electrons. The highest BCUT2D eigenvalue weighted by molar-refractivity contribution is 5.73. The first-order valence-electron chi connectivity index (χ1n) is 8.64. The van der Waals surface area contributed by atoms with E-state index >= 15 is 0 Å². The molecule has 5 heteroatoms. The molecule has 0 aromatic carbocycles. The molecule has 2 N–H and O–H groups in total. The summed E-state index contributed by atoms with van der Waals surface area (Å²) in [6, 6.07) is 0. The van der Waals surface area contributed by atoms with Crippen LogP contribution in [0.25, 0.3) is 0 Å². The van der Waals surface area contributed by atoms with Crippen molar-refractivity contribution in [1.82, 2.24) is 0 Å². The van der Waals surface area contributed by atoms with Gasteiger partial charge in [-0.15, -0.1) is 0 Å². The fourth-order valence-corrected chi connectivity index (χ4v) is 2.21. The summed E-state index contributed by atoms with van der Waals surface area (Å²) in [4.78, 5) is 21.9. The second-order valence-corrected chi connectivity index (χ2v) is 7.61. The lowest BCUT2D eigenvalue weighted by Crippen LogP contribution is -2.23. The highest BCUT2D eigenvalue weighted by Crippen LogP contribution is 2.24. The first-order valence-corrected chi connectivity index (χ1v) is 8.64. The summed E-state index contributed by atoms with van der Waals surface area (Å²) < 4.78 is 5.56. The van der Waals surface area contributed by atoms with Crippen LogP contribution in [0.15, 0.2) is 0 Å². The van der Waals surface area contributed by atoms with E-state index in [-0.39, 0.29) is 0 Å². The maximum atomic E-state index is 11.0. The second kappa shape index (κ2) is 10.6. The van der Waals surface area contributed by atoms with E-state index in [1.807, 2.05) is 0 Å². The summed E-state index contributed by atoms with van der Waals surface area (Å²) in [5.74, 6) is -1.47. The number of hydrogen-bond acceptors (Lipinski definition) is 3. The molecule has 0 unspecified atom stereocenters. The van der Waals surface area contributed by atoms with Crippen molar-refractivity contribution in [2.75, 3.05) is 13.2 Å². The van der Waals surface area contributed by atoms with Crippen LogP contribution in [0.3, 0.4) is 0 Å². The lowest BCUT2D eigenvalue weighted by Gasteiger charge is -2.18. The quantitative estimate of drug-likeness (QED) is 0.463. The van der Waals surface area contributed by atoms with Gasteiger partial charge in [-0.25, -0.2) is 0 Å². The monoisotopic (exact) mass is 330 g/mol. The smallest absolute Gasteiger partial charge is 0.309 e. The number of rotatable bonds is 14. The number of ether oxygens (including phenoxy) is 1. The van der Waals surface area contributed by atoms with Gasteiger partial charge in [-0.2, -0.15) is 0 Å². The van der Waals surface area contributed by atoms with Crippen LogP contribution in [-0.2, 0) is 14.3 Å². The largest absolute Gasteiger partial charge is 0.481 e. The van der Waals surface area contributed by atoms with Gasteiger partial charge in [0.15, 0.2) is 0 Å². The van der Waals surface area contributed by atoms with Crippen molar-refractivity contribution >= 4 is 11.9 Å². The van der Waals surface area contributed by atoms with E-state index in [9.17, 15) is 9.59 Å². The molecule has 0 bridgehead atoms. The van der Waals surface area contributed by atoms with Crippen LogP contribution >= 0.6 is 0 Å². The van der Waals surface area contributed by atoms with Gasteiger partial charge >= 0.3 is 11.9 Å². The van der Waals surface area contributed by atoms with Gasteiger partial charge < -0.3 is 14.9 Å². The zero-order valence-electron chi connectivity index (χ0n) is 15.2. The summed E-state index contributed by atoms with van der Waals surface area (Å²) in [6.07, 6.45) is 7.11. The number of aliphatic carboxylic acids is 2. The SMILES string of the molecule is CC(C)(CCCCCOCCCCCC(C)(C)C(=O)O)C(=O)O. The molecule has 136 valence electrons. The van der Waals surface area contributed by atoms with E-state index in [1.165, 1.54) is 0 Å². The lowest BCUT2D eigenvalue weighted by atomic mass is 9.87.